The van der Waals surface area contributed by atoms with Crippen molar-refractivity contribution in [1.29, 1.82) is 0 Å². The van der Waals surface area contributed by atoms with Gasteiger partial charge in [-0.25, -0.2) is 4.79 Å². The molecular formula is C23H26N2O3. The summed E-state index contributed by atoms with van der Waals surface area (Å²) in [5.74, 6) is 0.310. The van der Waals surface area contributed by atoms with E-state index in [0.29, 0.717) is 12.4 Å². The Balaban J connectivity index is 1.82. The Morgan fingerprint density at radius 1 is 1.18 bits per heavy atom. The van der Waals surface area contributed by atoms with E-state index in [9.17, 15) is 4.79 Å². The van der Waals surface area contributed by atoms with Crippen molar-refractivity contribution in [3.05, 3.63) is 48.4 Å². The average Bonchev–Trinajstić information content (AvgIpc) is 3.02. The van der Waals surface area contributed by atoms with Crippen molar-refractivity contribution in [3.63, 3.8) is 0 Å². The zero-order valence-corrected chi connectivity index (χ0v) is 16.7. The Kier molecular flexibility index (Phi) is 4.84. The average molecular weight is 378 g/mol. The first kappa shape index (κ1) is 18.5. The summed E-state index contributed by atoms with van der Waals surface area (Å²) in [5.41, 5.74) is 3.95. The van der Waals surface area contributed by atoms with Gasteiger partial charge in [0.2, 0.25) is 0 Å². The number of esters is 1. The van der Waals surface area contributed by atoms with Gasteiger partial charge in [-0.15, -0.1) is 0 Å². The van der Waals surface area contributed by atoms with Crippen LogP contribution < -0.4 is 4.74 Å². The monoisotopic (exact) mass is 378 g/mol. The highest BCUT2D eigenvalue weighted by molar-refractivity contribution is 5.99. The summed E-state index contributed by atoms with van der Waals surface area (Å²) in [6.45, 7) is 6.65. The molecule has 1 aliphatic rings. The number of ether oxygens (including phenoxy) is 2. The third-order valence-corrected chi connectivity index (χ3v) is 5.30. The Bertz CT molecular complexity index is 1010. The first-order valence-corrected chi connectivity index (χ1v) is 9.93. The summed E-state index contributed by atoms with van der Waals surface area (Å²) in [5, 5.41) is 1.15. The SMILES string of the molecule is CCOC(=O)C(C)(C)Oc1ccc2c(c1)c(-c1ccncc1)c1n2CCCC1. The second-order valence-electron chi connectivity index (χ2n) is 7.68. The molecule has 0 saturated heterocycles. The number of aryl methyl sites for hydroxylation is 1. The molecule has 0 N–H and O–H groups in total. The third-order valence-electron chi connectivity index (χ3n) is 5.30. The molecule has 146 valence electrons. The maximum absolute atomic E-state index is 12.2. The second-order valence-corrected chi connectivity index (χ2v) is 7.68. The van der Waals surface area contributed by atoms with Crippen LogP contribution in [0.3, 0.4) is 0 Å². The molecule has 0 unspecified atom stereocenters. The van der Waals surface area contributed by atoms with Gasteiger partial charge >= 0.3 is 5.97 Å². The van der Waals surface area contributed by atoms with E-state index in [0.717, 1.165) is 23.9 Å². The normalized spacial score (nSPS) is 14.0. The van der Waals surface area contributed by atoms with E-state index < -0.39 is 5.60 Å². The minimum Gasteiger partial charge on any atom is -0.476 e. The first-order chi connectivity index (χ1) is 13.5. The molecule has 0 saturated carbocycles. The van der Waals surface area contributed by atoms with Crippen molar-refractivity contribution in [1.82, 2.24) is 9.55 Å². The predicted octanol–water partition coefficient (Wildman–Crippen LogP) is 4.76. The summed E-state index contributed by atoms with van der Waals surface area (Å²) in [7, 11) is 0. The lowest BCUT2D eigenvalue weighted by Crippen LogP contribution is -2.39. The van der Waals surface area contributed by atoms with E-state index in [1.165, 1.54) is 29.6 Å². The summed E-state index contributed by atoms with van der Waals surface area (Å²) in [4.78, 5) is 16.4. The second kappa shape index (κ2) is 7.30. The molecule has 5 nitrogen and oxygen atoms in total. The molecule has 3 heterocycles. The van der Waals surface area contributed by atoms with Gasteiger partial charge in [0.1, 0.15) is 5.75 Å². The molecule has 0 radical (unpaired) electrons. The zero-order valence-electron chi connectivity index (χ0n) is 16.7. The third kappa shape index (κ3) is 3.26. The van der Waals surface area contributed by atoms with Gasteiger partial charge in [0.25, 0.3) is 0 Å². The van der Waals surface area contributed by atoms with E-state index >= 15 is 0 Å². The topological polar surface area (TPSA) is 53.4 Å². The molecule has 5 heteroatoms. The highest BCUT2D eigenvalue weighted by Gasteiger charge is 2.32. The minimum atomic E-state index is -1.04. The molecule has 3 aromatic rings. The molecule has 0 spiro atoms. The number of hydrogen-bond donors (Lipinski definition) is 0. The van der Waals surface area contributed by atoms with Crippen LogP contribution in [0.2, 0.25) is 0 Å². The molecule has 4 rings (SSSR count). The number of carbonyl (C=O) groups is 1. The zero-order chi connectivity index (χ0) is 19.7. The number of benzene rings is 1. The lowest BCUT2D eigenvalue weighted by Gasteiger charge is -2.24. The number of hydrogen-bond acceptors (Lipinski definition) is 4. The van der Waals surface area contributed by atoms with Crippen molar-refractivity contribution >= 4 is 16.9 Å². The van der Waals surface area contributed by atoms with Crippen LogP contribution >= 0.6 is 0 Å². The molecule has 0 amide bonds. The maximum atomic E-state index is 12.2. The van der Waals surface area contributed by atoms with E-state index in [1.54, 1.807) is 20.8 Å². The Morgan fingerprint density at radius 3 is 2.71 bits per heavy atom. The van der Waals surface area contributed by atoms with E-state index in [4.69, 9.17) is 9.47 Å². The molecule has 0 aliphatic carbocycles. The number of carbonyl (C=O) groups excluding carboxylic acids is 1. The number of fused-ring (bicyclic) bond motifs is 3. The Hall–Kier alpha value is -2.82. The van der Waals surface area contributed by atoms with Gasteiger partial charge < -0.3 is 14.0 Å². The Labute approximate surface area is 165 Å². The van der Waals surface area contributed by atoms with Crippen LogP contribution in [-0.2, 0) is 22.5 Å². The summed E-state index contributed by atoms with van der Waals surface area (Å²) >= 11 is 0. The number of rotatable bonds is 5. The van der Waals surface area contributed by atoms with Crippen molar-refractivity contribution in [2.24, 2.45) is 0 Å². The standard InChI is InChI=1S/C23H26N2O3/c1-4-27-22(26)23(2,3)28-17-8-9-19-18(15-17)21(16-10-12-24-13-11-16)20-7-5-6-14-25(19)20/h8-13,15H,4-7,14H2,1-3H3. The summed E-state index contributed by atoms with van der Waals surface area (Å²) in [6, 6.07) is 10.2. The van der Waals surface area contributed by atoms with Gasteiger partial charge in [-0.3, -0.25) is 4.98 Å². The highest BCUT2D eigenvalue weighted by atomic mass is 16.6. The number of nitrogens with zero attached hydrogens (tertiary/aromatic N) is 2. The van der Waals surface area contributed by atoms with Crippen LogP contribution in [0.5, 0.6) is 5.75 Å². The van der Waals surface area contributed by atoms with Crippen molar-refractivity contribution in [2.75, 3.05) is 6.61 Å². The first-order valence-electron chi connectivity index (χ1n) is 9.93. The molecule has 0 fully saturated rings. The molecule has 0 atom stereocenters. The highest BCUT2D eigenvalue weighted by Crippen LogP contribution is 2.39. The fourth-order valence-corrected chi connectivity index (χ4v) is 4.01. The van der Waals surface area contributed by atoms with Gasteiger partial charge in [0.15, 0.2) is 5.60 Å². The van der Waals surface area contributed by atoms with Crippen LogP contribution in [0.15, 0.2) is 42.7 Å². The molecule has 2 aromatic heterocycles. The predicted molar refractivity (Wildman–Crippen MR) is 109 cm³/mol. The van der Waals surface area contributed by atoms with Crippen LogP contribution in [0.4, 0.5) is 0 Å². The van der Waals surface area contributed by atoms with Gasteiger partial charge in [-0.2, -0.15) is 0 Å². The molecular weight excluding hydrogens is 352 g/mol. The van der Waals surface area contributed by atoms with Crippen LogP contribution in [0.25, 0.3) is 22.0 Å². The Morgan fingerprint density at radius 2 is 1.96 bits per heavy atom. The molecule has 28 heavy (non-hydrogen) atoms. The van der Waals surface area contributed by atoms with Gasteiger partial charge in [0, 0.05) is 41.1 Å². The van der Waals surface area contributed by atoms with E-state index in [-0.39, 0.29) is 5.97 Å². The molecule has 1 aliphatic heterocycles. The van der Waals surface area contributed by atoms with Crippen molar-refractivity contribution in [2.45, 2.75) is 52.2 Å². The lowest BCUT2D eigenvalue weighted by atomic mass is 9.99. The van der Waals surface area contributed by atoms with E-state index in [1.807, 2.05) is 18.5 Å². The summed E-state index contributed by atoms with van der Waals surface area (Å²) in [6.07, 6.45) is 7.13. The largest absolute Gasteiger partial charge is 0.476 e. The quantitative estimate of drug-likeness (QED) is 0.601. The molecule has 1 aromatic carbocycles. The van der Waals surface area contributed by atoms with Gasteiger partial charge in [-0.1, -0.05) is 0 Å². The summed E-state index contributed by atoms with van der Waals surface area (Å²) < 4.78 is 13.6. The number of aromatic nitrogens is 2. The fraction of sp³-hybridized carbons (Fsp3) is 0.391. The lowest BCUT2D eigenvalue weighted by molar-refractivity contribution is -0.158. The van der Waals surface area contributed by atoms with Crippen LogP contribution in [0.1, 0.15) is 39.3 Å². The maximum Gasteiger partial charge on any atom is 0.349 e. The van der Waals surface area contributed by atoms with E-state index in [2.05, 4.69) is 33.8 Å². The van der Waals surface area contributed by atoms with Crippen molar-refractivity contribution < 1.29 is 14.3 Å². The molecule has 0 bridgehead atoms. The van der Waals surface area contributed by atoms with Gasteiger partial charge in [0.05, 0.1) is 6.61 Å². The van der Waals surface area contributed by atoms with Gasteiger partial charge in [-0.05, 0) is 75.9 Å². The van der Waals surface area contributed by atoms with Crippen LogP contribution in [0, 0.1) is 0 Å². The van der Waals surface area contributed by atoms with Crippen molar-refractivity contribution in [3.8, 4) is 16.9 Å². The van der Waals surface area contributed by atoms with Crippen LogP contribution in [-0.4, -0.2) is 27.7 Å². The fourth-order valence-electron chi connectivity index (χ4n) is 4.01. The smallest absolute Gasteiger partial charge is 0.349 e. The minimum absolute atomic E-state index is 0.336. The number of pyridine rings is 1.